The minimum Gasteiger partial charge on any atom is -0.480 e. The molecule has 15 nitrogen and oxygen atoms in total. The fourth-order valence-corrected chi connectivity index (χ4v) is 4.56. The van der Waals surface area contributed by atoms with Gasteiger partial charge in [-0.25, -0.2) is 15.0 Å². The standard InChI is InChI=1S/C13H15BrN2O.C10H12N2.C10H10N2.C5H3BrN2O2.C5H6.C4H8O2.C3H5BrO2/c1-9(14)13(17)16-12-7-6-11(8-15-12)5-4-10-2-3-10;2*11-10-6-5-9(7-12-10)4-3-8-1-2-8;6-4-1-2-5(7-3-4)8(9)10;1-2-5-3-4-5;1-3-6-4(2)5;1-2(4)3(5)6/h4-10H,2-3H2,1H3,(H,15,16,17);3-8H,1-2H2,(H2,11,12);5-8H,1-2H2,(H2,11,12);1-3H;1,5H,3-4H2;3H2,1-2H3;2H,1H3,(H,5,6)/b5-4-;4-3-;;;;;. The lowest BCUT2D eigenvalue weighted by Crippen LogP contribution is -2.20. The van der Waals surface area contributed by atoms with E-state index in [0.717, 1.165) is 33.0 Å². The van der Waals surface area contributed by atoms with Gasteiger partial charge in [-0.1, -0.05) is 68.0 Å². The Morgan fingerprint density at radius 1 is 0.824 bits per heavy atom. The van der Waals surface area contributed by atoms with E-state index in [9.17, 15) is 24.5 Å². The Kier molecular flexibility index (Phi) is 28.0. The van der Waals surface area contributed by atoms with Crippen LogP contribution in [0.1, 0.15) is 95.8 Å². The molecule has 4 fully saturated rings. The Bertz CT molecular complexity index is 2310. The molecule has 0 spiro atoms. The molecule has 2 unspecified atom stereocenters. The number of carbonyl (C=O) groups excluding carboxylic acids is 2. The lowest BCUT2D eigenvalue weighted by molar-refractivity contribution is -0.389. The molecule has 4 heterocycles. The van der Waals surface area contributed by atoms with Gasteiger partial charge in [0, 0.05) is 49.0 Å². The second-order valence-corrected chi connectivity index (χ2v) is 19.1. The van der Waals surface area contributed by atoms with Crippen LogP contribution >= 0.6 is 47.8 Å². The van der Waals surface area contributed by atoms with Gasteiger partial charge in [0.2, 0.25) is 5.91 Å². The van der Waals surface area contributed by atoms with Gasteiger partial charge in [-0.05, 0) is 163 Å². The Morgan fingerprint density at radius 2 is 1.35 bits per heavy atom. The van der Waals surface area contributed by atoms with Gasteiger partial charge in [-0.3, -0.25) is 14.4 Å². The van der Waals surface area contributed by atoms with E-state index in [1.165, 1.54) is 70.6 Å². The summed E-state index contributed by atoms with van der Waals surface area (Å²) in [5.74, 6) is 12.2. The molecule has 0 aliphatic heterocycles. The van der Waals surface area contributed by atoms with Crippen LogP contribution in [0.25, 0.3) is 12.2 Å². The summed E-state index contributed by atoms with van der Waals surface area (Å²) in [6.45, 7) is 6.99. The molecule has 8 rings (SSSR count). The number of hydrogen-bond donors (Lipinski definition) is 4. The number of halogens is 3. The molecule has 0 bridgehead atoms. The maximum atomic E-state index is 11.4. The summed E-state index contributed by atoms with van der Waals surface area (Å²) in [6, 6.07) is 14.2. The third kappa shape index (κ3) is 31.1. The molecule has 4 saturated carbocycles. The van der Waals surface area contributed by atoms with Gasteiger partial charge in [0.15, 0.2) is 6.20 Å². The summed E-state index contributed by atoms with van der Waals surface area (Å²) in [7, 11) is 0. The summed E-state index contributed by atoms with van der Waals surface area (Å²) in [4.78, 5) is 55.4. The topological polar surface area (TPSA) is 239 Å². The summed E-state index contributed by atoms with van der Waals surface area (Å²) >= 11 is 9.16. The average molecular weight is 1120 g/mol. The highest BCUT2D eigenvalue weighted by Gasteiger charge is 2.19. The number of nitrogens with zero attached hydrogens (tertiary/aromatic N) is 5. The molecule has 68 heavy (non-hydrogen) atoms. The largest absolute Gasteiger partial charge is 0.480 e. The zero-order valence-electron chi connectivity index (χ0n) is 38.6. The molecule has 4 aromatic rings. The normalized spacial score (nSPS) is 14.7. The first kappa shape index (κ1) is 58.2. The number of pyridine rings is 4. The number of terminal acetylenes is 1. The second-order valence-electron chi connectivity index (χ2n) is 15.4. The predicted molar refractivity (Wildman–Crippen MR) is 280 cm³/mol. The number of amides is 1. The van der Waals surface area contributed by atoms with Crippen LogP contribution in [0.2, 0.25) is 0 Å². The van der Waals surface area contributed by atoms with Crippen LogP contribution in [0.3, 0.4) is 0 Å². The van der Waals surface area contributed by atoms with E-state index in [2.05, 4.69) is 120 Å². The number of carboxylic acid groups (broad SMARTS) is 1. The molecule has 18 heteroatoms. The van der Waals surface area contributed by atoms with Crippen LogP contribution in [-0.4, -0.2) is 64.1 Å². The number of ether oxygens (including phenoxy) is 1. The SMILES string of the molecule is C#CC1CC1.CC(Br)C(=O)Nc1ccc(/C=C\C2CC2)cn1.CC(Br)C(=O)O.CCOC(C)=O.Nc1ccc(/C=C\C2CC2)cn1.Nc1ccc(C#CC2CC2)cn1.O=[N+]([O-])c1ccc(Br)cn1. The van der Waals surface area contributed by atoms with Crippen molar-refractivity contribution in [2.75, 3.05) is 23.4 Å². The molecule has 4 aliphatic carbocycles. The van der Waals surface area contributed by atoms with Crippen molar-refractivity contribution in [2.24, 2.45) is 23.7 Å². The Balaban J connectivity index is 0.000000283. The van der Waals surface area contributed by atoms with E-state index in [1.807, 2.05) is 30.3 Å². The lowest BCUT2D eigenvalue weighted by atomic mass is 10.2. The smallest absolute Gasteiger partial charge is 0.363 e. The Morgan fingerprint density at radius 3 is 1.68 bits per heavy atom. The molecule has 4 aromatic heterocycles. The summed E-state index contributed by atoms with van der Waals surface area (Å²) in [6.07, 6.45) is 30.7. The number of esters is 1. The molecule has 0 saturated heterocycles. The fraction of sp³-hybridized carbons (Fsp3) is 0.380. The first-order valence-corrected chi connectivity index (χ1v) is 24.5. The van der Waals surface area contributed by atoms with Gasteiger partial charge in [-0.2, -0.15) is 0 Å². The number of nitro groups is 1. The lowest BCUT2D eigenvalue weighted by Gasteiger charge is -2.05. The second kappa shape index (κ2) is 32.7. The van der Waals surface area contributed by atoms with Crippen molar-refractivity contribution >= 4 is 101 Å². The van der Waals surface area contributed by atoms with Crippen molar-refractivity contribution < 1.29 is 29.2 Å². The van der Waals surface area contributed by atoms with Crippen LogP contribution < -0.4 is 16.8 Å². The Hall–Kier alpha value is -5.95. The number of nitrogens with two attached hydrogens (primary N) is 2. The monoisotopic (exact) mass is 1120 g/mol. The molecule has 362 valence electrons. The third-order valence-corrected chi connectivity index (χ3v) is 10.0. The number of allylic oxidation sites excluding steroid dienone is 2. The van der Waals surface area contributed by atoms with E-state index in [-0.39, 0.29) is 22.5 Å². The number of carbonyl (C=O) groups is 3. The highest BCUT2D eigenvalue weighted by Crippen LogP contribution is 2.31. The number of nitrogen functional groups attached to an aromatic ring is 2. The maximum absolute atomic E-state index is 11.4. The number of hydrogen-bond acceptors (Lipinski definition) is 12. The van der Waals surface area contributed by atoms with Crippen molar-refractivity contribution in [3.63, 3.8) is 0 Å². The van der Waals surface area contributed by atoms with Crippen LogP contribution in [0.15, 0.2) is 89.9 Å². The van der Waals surface area contributed by atoms with E-state index in [4.69, 9.17) is 23.0 Å². The van der Waals surface area contributed by atoms with E-state index >= 15 is 0 Å². The number of alkyl halides is 2. The summed E-state index contributed by atoms with van der Waals surface area (Å²) < 4.78 is 5.14. The molecular formula is C50H59Br3N8O7. The van der Waals surface area contributed by atoms with E-state index in [0.29, 0.717) is 35.9 Å². The summed E-state index contributed by atoms with van der Waals surface area (Å²) in [5, 5.41) is 20.7. The molecule has 6 N–H and O–H groups in total. The first-order valence-electron chi connectivity index (χ1n) is 21.8. The molecular weight excluding hydrogens is 1060 g/mol. The molecule has 0 radical (unpaired) electrons. The molecule has 0 aromatic carbocycles. The zero-order chi connectivity index (χ0) is 50.4. The Labute approximate surface area is 424 Å². The van der Waals surface area contributed by atoms with Gasteiger partial charge in [0.1, 0.15) is 22.3 Å². The van der Waals surface area contributed by atoms with Crippen LogP contribution in [0, 0.1) is 58.0 Å². The number of aromatic nitrogens is 4. The van der Waals surface area contributed by atoms with Crippen LogP contribution in [0.4, 0.5) is 23.3 Å². The predicted octanol–water partition coefficient (Wildman–Crippen LogP) is 10.9. The highest BCUT2D eigenvalue weighted by atomic mass is 79.9. The van der Waals surface area contributed by atoms with E-state index < -0.39 is 15.7 Å². The van der Waals surface area contributed by atoms with E-state index in [1.54, 1.807) is 51.5 Å². The number of nitrogens with one attached hydrogen (secondary N) is 1. The third-order valence-electron chi connectivity index (χ3n) is 8.76. The maximum Gasteiger partial charge on any atom is 0.363 e. The minimum absolute atomic E-state index is 0.0845. The van der Waals surface area contributed by atoms with Gasteiger partial charge >= 0.3 is 17.8 Å². The van der Waals surface area contributed by atoms with Crippen LogP contribution in [0.5, 0.6) is 0 Å². The molecule has 2 atom stereocenters. The van der Waals surface area contributed by atoms with Crippen LogP contribution in [-0.2, 0) is 19.1 Å². The summed E-state index contributed by atoms with van der Waals surface area (Å²) in [5.41, 5.74) is 14.1. The number of anilines is 3. The van der Waals surface area contributed by atoms with Crippen molar-refractivity contribution in [1.82, 2.24) is 19.9 Å². The molecule has 4 aliphatic rings. The van der Waals surface area contributed by atoms with Crippen molar-refractivity contribution in [3.8, 4) is 24.2 Å². The van der Waals surface area contributed by atoms with Crippen molar-refractivity contribution in [1.29, 1.82) is 0 Å². The quantitative estimate of drug-likeness (QED) is 0.0401. The minimum atomic E-state index is -0.824. The van der Waals surface area contributed by atoms with Gasteiger partial charge in [0.05, 0.1) is 15.9 Å². The zero-order valence-corrected chi connectivity index (χ0v) is 43.3. The number of rotatable bonds is 9. The molecule has 1 amide bonds. The fourth-order valence-electron chi connectivity index (χ4n) is 4.21. The highest BCUT2D eigenvalue weighted by molar-refractivity contribution is 9.10. The van der Waals surface area contributed by atoms with Crippen molar-refractivity contribution in [3.05, 3.63) is 117 Å². The average Bonchev–Trinajstić information content (AvgIpc) is 4.10. The number of carboxylic acids is 1. The van der Waals surface area contributed by atoms with Crippen molar-refractivity contribution in [2.45, 2.75) is 88.7 Å². The van der Waals surface area contributed by atoms with Gasteiger partial charge < -0.3 is 36.7 Å². The van der Waals surface area contributed by atoms with Gasteiger partial charge in [0.25, 0.3) is 0 Å². The first-order chi connectivity index (χ1) is 32.4. The number of aliphatic carboxylic acids is 1. The van der Waals surface area contributed by atoms with Gasteiger partial charge in [-0.15, -0.1) is 12.3 Å².